The minimum absolute atomic E-state index is 0.172. The monoisotopic (exact) mass is 299 g/mol. The van der Waals surface area contributed by atoms with Gasteiger partial charge < -0.3 is 20.5 Å². The topological polar surface area (TPSA) is 68.9 Å². The van der Waals surface area contributed by atoms with Gasteiger partial charge in [-0.25, -0.2) is 13.8 Å². The number of guanidine groups is 1. The van der Waals surface area contributed by atoms with Crippen LogP contribution < -0.4 is 20.5 Å². The predicted octanol–water partition coefficient (Wildman–Crippen LogP) is 1.91. The lowest BCUT2D eigenvalue weighted by Gasteiger charge is -2.35. The summed E-state index contributed by atoms with van der Waals surface area (Å²) in [5.74, 6) is -1.16. The van der Waals surface area contributed by atoms with Gasteiger partial charge in [0.25, 0.3) is 5.92 Å². The molecule has 1 aromatic rings. The van der Waals surface area contributed by atoms with E-state index in [2.05, 4.69) is 10.3 Å². The summed E-state index contributed by atoms with van der Waals surface area (Å²) < 4.78 is 35.7. The molecule has 0 aliphatic heterocycles. The molecule has 0 amide bonds. The van der Waals surface area contributed by atoms with Crippen LogP contribution in [0.5, 0.6) is 11.5 Å². The molecule has 5 nitrogen and oxygen atoms in total. The molecular formula is C14H19F2N3O2. The highest BCUT2D eigenvalue weighted by molar-refractivity contribution is 5.78. The van der Waals surface area contributed by atoms with Crippen LogP contribution in [-0.2, 0) is 6.54 Å². The van der Waals surface area contributed by atoms with E-state index in [0.717, 1.165) is 5.56 Å². The van der Waals surface area contributed by atoms with E-state index < -0.39 is 5.92 Å². The van der Waals surface area contributed by atoms with E-state index in [-0.39, 0.29) is 24.8 Å². The van der Waals surface area contributed by atoms with Crippen LogP contribution in [-0.4, -0.2) is 32.1 Å². The Hall–Kier alpha value is -2.05. The van der Waals surface area contributed by atoms with Crippen molar-refractivity contribution in [3.05, 3.63) is 23.8 Å². The standard InChI is InChI=1S/C14H19F2N3O2/c1-20-11-4-3-9(5-12(11)21-2)8-18-13(17)19-10-6-14(15,16)7-10/h3-5,10H,6-8H2,1-2H3,(H3,17,18,19). The molecule has 2 rings (SSSR count). The molecule has 0 bridgehead atoms. The van der Waals surface area contributed by atoms with Gasteiger partial charge >= 0.3 is 0 Å². The first-order valence-corrected chi connectivity index (χ1v) is 6.59. The van der Waals surface area contributed by atoms with E-state index in [1.54, 1.807) is 26.4 Å². The average molecular weight is 299 g/mol. The number of nitrogens with zero attached hydrogens (tertiary/aromatic N) is 1. The van der Waals surface area contributed by atoms with E-state index >= 15 is 0 Å². The SMILES string of the molecule is COc1ccc(CN=C(N)NC2CC(F)(F)C2)cc1OC. The fraction of sp³-hybridized carbons (Fsp3) is 0.500. The second kappa shape index (κ2) is 6.15. The highest BCUT2D eigenvalue weighted by Crippen LogP contribution is 2.37. The zero-order valence-corrected chi connectivity index (χ0v) is 12.0. The van der Waals surface area contributed by atoms with Crippen LogP contribution in [0.25, 0.3) is 0 Å². The van der Waals surface area contributed by atoms with Gasteiger partial charge in [0.2, 0.25) is 0 Å². The van der Waals surface area contributed by atoms with Gasteiger partial charge in [-0.15, -0.1) is 0 Å². The number of aliphatic imine (C=N–C) groups is 1. The molecule has 1 aromatic carbocycles. The van der Waals surface area contributed by atoms with Crippen LogP contribution in [0.1, 0.15) is 18.4 Å². The van der Waals surface area contributed by atoms with Crippen LogP contribution in [0.15, 0.2) is 23.2 Å². The largest absolute Gasteiger partial charge is 0.493 e. The van der Waals surface area contributed by atoms with E-state index in [4.69, 9.17) is 15.2 Å². The maximum Gasteiger partial charge on any atom is 0.252 e. The molecule has 7 heteroatoms. The normalized spacial score (nSPS) is 18.0. The molecular weight excluding hydrogens is 280 g/mol. The highest BCUT2D eigenvalue weighted by Gasteiger charge is 2.45. The number of alkyl halides is 2. The first kappa shape index (κ1) is 15.3. The molecule has 116 valence electrons. The number of hydrogen-bond acceptors (Lipinski definition) is 3. The fourth-order valence-electron chi connectivity index (χ4n) is 2.17. The summed E-state index contributed by atoms with van der Waals surface area (Å²) in [6.45, 7) is 0.336. The highest BCUT2D eigenvalue weighted by atomic mass is 19.3. The minimum atomic E-state index is -2.57. The van der Waals surface area contributed by atoms with Crippen molar-refractivity contribution in [3.8, 4) is 11.5 Å². The molecule has 1 saturated carbocycles. The maximum absolute atomic E-state index is 12.7. The summed E-state index contributed by atoms with van der Waals surface area (Å²) in [6, 6.07) is 5.12. The molecule has 1 aliphatic rings. The smallest absolute Gasteiger partial charge is 0.252 e. The van der Waals surface area contributed by atoms with E-state index in [1.807, 2.05) is 6.07 Å². The lowest BCUT2D eigenvalue weighted by Crippen LogP contribution is -2.52. The van der Waals surface area contributed by atoms with Crippen LogP contribution in [0.4, 0.5) is 8.78 Å². The first-order valence-electron chi connectivity index (χ1n) is 6.59. The van der Waals surface area contributed by atoms with Crippen LogP contribution in [0.3, 0.4) is 0 Å². The molecule has 21 heavy (non-hydrogen) atoms. The van der Waals surface area contributed by atoms with Crippen molar-refractivity contribution in [1.29, 1.82) is 0 Å². The van der Waals surface area contributed by atoms with Crippen molar-refractivity contribution in [2.45, 2.75) is 31.4 Å². The Bertz CT molecular complexity index is 527. The van der Waals surface area contributed by atoms with Gasteiger partial charge in [0.05, 0.1) is 20.8 Å². The molecule has 0 saturated heterocycles. The molecule has 1 fully saturated rings. The quantitative estimate of drug-likeness (QED) is 0.643. The van der Waals surface area contributed by atoms with Gasteiger partial charge in [0.15, 0.2) is 17.5 Å². The van der Waals surface area contributed by atoms with Crippen molar-refractivity contribution in [2.75, 3.05) is 14.2 Å². The van der Waals surface area contributed by atoms with Gasteiger partial charge in [0.1, 0.15) is 0 Å². The van der Waals surface area contributed by atoms with E-state index in [9.17, 15) is 8.78 Å². The average Bonchev–Trinajstić information content (AvgIpc) is 2.42. The third-order valence-electron chi connectivity index (χ3n) is 3.32. The Kier molecular flexibility index (Phi) is 4.50. The van der Waals surface area contributed by atoms with E-state index in [1.165, 1.54) is 0 Å². The lowest BCUT2D eigenvalue weighted by atomic mass is 9.88. The maximum atomic E-state index is 12.7. The molecule has 3 N–H and O–H groups in total. The van der Waals surface area contributed by atoms with Gasteiger partial charge in [-0.1, -0.05) is 6.07 Å². The van der Waals surface area contributed by atoms with Gasteiger partial charge in [-0.05, 0) is 17.7 Å². The van der Waals surface area contributed by atoms with Crippen molar-refractivity contribution < 1.29 is 18.3 Å². The van der Waals surface area contributed by atoms with Gasteiger partial charge in [-0.2, -0.15) is 0 Å². The molecule has 0 atom stereocenters. The zero-order chi connectivity index (χ0) is 15.5. The summed E-state index contributed by atoms with van der Waals surface area (Å²) in [7, 11) is 3.11. The Morgan fingerprint density at radius 2 is 2.00 bits per heavy atom. The summed E-state index contributed by atoms with van der Waals surface area (Å²) in [6.07, 6.45) is -0.390. The fourth-order valence-corrected chi connectivity index (χ4v) is 2.17. The van der Waals surface area contributed by atoms with Crippen LogP contribution >= 0.6 is 0 Å². The third-order valence-corrected chi connectivity index (χ3v) is 3.32. The number of halogens is 2. The Morgan fingerprint density at radius 3 is 2.57 bits per heavy atom. The predicted molar refractivity (Wildman–Crippen MR) is 76.0 cm³/mol. The van der Waals surface area contributed by atoms with Crippen LogP contribution in [0.2, 0.25) is 0 Å². The number of benzene rings is 1. The summed E-state index contributed by atoms with van der Waals surface area (Å²) in [5.41, 5.74) is 6.57. The van der Waals surface area contributed by atoms with Gasteiger partial charge in [0, 0.05) is 18.9 Å². The van der Waals surface area contributed by atoms with Crippen molar-refractivity contribution in [3.63, 3.8) is 0 Å². The minimum Gasteiger partial charge on any atom is -0.493 e. The number of hydrogen-bond donors (Lipinski definition) is 2. The number of ether oxygens (including phenoxy) is 2. The molecule has 0 spiro atoms. The molecule has 0 aromatic heterocycles. The Labute approximate surface area is 122 Å². The first-order chi connectivity index (χ1) is 9.93. The number of rotatable bonds is 5. The second-order valence-electron chi connectivity index (χ2n) is 5.00. The van der Waals surface area contributed by atoms with Crippen molar-refractivity contribution in [1.82, 2.24) is 5.32 Å². The van der Waals surface area contributed by atoms with Gasteiger partial charge in [-0.3, -0.25) is 0 Å². The van der Waals surface area contributed by atoms with Crippen LogP contribution in [0, 0.1) is 0 Å². The molecule has 0 heterocycles. The number of nitrogens with one attached hydrogen (secondary N) is 1. The number of nitrogens with two attached hydrogens (primary N) is 1. The summed E-state index contributed by atoms with van der Waals surface area (Å²) in [5, 5.41) is 2.79. The summed E-state index contributed by atoms with van der Waals surface area (Å²) in [4.78, 5) is 4.14. The lowest BCUT2D eigenvalue weighted by molar-refractivity contribution is -0.0886. The van der Waals surface area contributed by atoms with Crippen molar-refractivity contribution >= 4 is 5.96 Å². The molecule has 1 aliphatic carbocycles. The van der Waals surface area contributed by atoms with Crippen molar-refractivity contribution in [2.24, 2.45) is 10.7 Å². The third kappa shape index (κ3) is 3.96. The Morgan fingerprint density at radius 1 is 1.33 bits per heavy atom. The molecule has 0 unspecified atom stereocenters. The zero-order valence-electron chi connectivity index (χ0n) is 12.0. The Balaban J connectivity index is 1.91. The summed E-state index contributed by atoms with van der Waals surface area (Å²) >= 11 is 0. The van der Waals surface area contributed by atoms with E-state index in [0.29, 0.717) is 18.0 Å². The molecule has 0 radical (unpaired) electrons. The number of methoxy groups -OCH3 is 2. The second-order valence-corrected chi connectivity index (χ2v) is 5.00.